The molecule has 2 aromatic heterocycles. The number of benzene rings is 1. The number of carbonyl (C=O) groups excluding carboxylic acids is 3. The zero-order valence-corrected chi connectivity index (χ0v) is 18.8. The van der Waals surface area contributed by atoms with Gasteiger partial charge in [-0.25, -0.2) is 9.59 Å². The van der Waals surface area contributed by atoms with E-state index >= 15 is 0 Å². The topological polar surface area (TPSA) is 94.8 Å². The van der Waals surface area contributed by atoms with E-state index in [-0.39, 0.29) is 27.8 Å². The maximum absolute atomic E-state index is 12.7. The number of esters is 2. The molecule has 3 rings (SSSR count). The SMILES string of the molecule is CCOC(=O)c1c(NC(=O)c2ccc(-c3ccc(Br)cc3)o2)sc(C(=O)OC)c1C. The summed E-state index contributed by atoms with van der Waals surface area (Å²) in [4.78, 5) is 37.4. The minimum Gasteiger partial charge on any atom is -0.465 e. The van der Waals surface area contributed by atoms with Crippen LogP contribution in [-0.2, 0) is 9.47 Å². The van der Waals surface area contributed by atoms with Gasteiger partial charge in [0.25, 0.3) is 5.91 Å². The van der Waals surface area contributed by atoms with E-state index in [0.717, 1.165) is 21.4 Å². The van der Waals surface area contributed by atoms with E-state index in [0.29, 0.717) is 11.3 Å². The second-order valence-electron chi connectivity index (χ2n) is 6.10. The summed E-state index contributed by atoms with van der Waals surface area (Å²) in [5.74, 6) is -1.20. The predicted molar refractivity (Wildman–Crippen MR) is 116 cm³/mol. The molecule has 9 heteroatoms. The van der Waals surface area contributed by atoms with E-state index in [4.69, 9.17) is 13.9 Å². The Morgan fingerprint density at radius 3 is 2.43 bits per heavy atom. The van der Waals surface area contributed by atoms with Gasteiger partial charge in [0.2, 0.25) is 0 Å². The zero-order valence-electron chi connectivity index (χ0n) is 16.4. The highest BCUT2D eigenvalue weighted by Crippen LogP contribution is 2.35. The second-order valence-corrected chi connectivity index (χ2v) is 8.03. The Morgan fingerprint density at radius 2 is 1.80 bits per heavy atom. The van der Waals surface area contributed by atoms with Crippen molar-refractivity contribution in [1.29, 1.82) is 0 Å². The van der Waals surface area contributed by atoms with Crippen molar-refractivity contribution < 1.29 is 28.3 Å². The fraction of sp³-hybridized carbons (Fsp3) is 0.190. The van der Waals surface area contributed by atoms with Crippen LogP contribution in [0.3, 0.4) is 0 Å². The number of thiophene rings is 1. The minimum absolute atomic E-state index is 0.0633. The van der Waals surface area contributed by atoms with Crippen molar-refractivity contribution in [3.8, 4) is 11.3 Å². The van der Waals surface area contributed by atoms with Crippen LogP contribution in [0.15, 0.2) is 45.3 Å². The number of ether oxygens (including phenoxy) is 2. The fourth-order valence-electron chi connectivity index (χ4n) is 2.73. The van der Waals surface area contributed by atoms with Gasteiger partial charge in [-0.2, -0.15) is 0 Å². The van der Waals surface area contributed by atoms with Gasteiger partial charge in [0.05, 0.1) is 19.3 Å². The molecular formula is C21H18BrNO6S. The molecule has 1 amide bonds. The molecule has 3 aromatic rings. The highest BCUT2D eigenvalue weighted by atomic mass is 79.9. The highest BCUT2D eigenvalue weighted by Gasteiger charge is 2.27. The van der Waals surface area contributed by atoms with E-state index in [1.807, 2.05) is 24.3 Å². The number of hydrogen-bond donors (Lipinski definition) is 1. The van der Waals surface area contributed by atoms with E-state index in [1.165, 1.54) is 7.11 Å². The van der Waals surface area contributed by atoms with Gasteiger partial charge in [0, 0.05) is 10.0 Å². The molecule has 0 radical (unpaired) electrons. The third kappa shape index (κ3) is 4.47. The molecule has 0 saturated heterocycles. The smallest absolute Gasteiger partial charge is 0.348 e. The maximum atomic E-state index is 12.7. The third-order valence-corrected chi connectivity index (χ3v) is 5.90. The number of rotatable bonds is 6. The summed E-state index contributed by atoms with van der Waals surface area (Å²) < 4.78 is 16.4. The van der Waals surface area contributed by atoms with E-state index < -0.39 is 17.8 Å². The average Bonchev–Trinajstić information content (AvgIpc) is 3.33. The number of anilines is 1. The first kappa shape index (κ1) is 21.8. The van der Waals surface area contributed by atoms with Crippen molar-refractivity contribution in [2.24, 2.45) is 0 Å². The number of hydrogen-bond acceptors (Lipinski definition) is 7. The van der Waals surface area contributed by atoms with E-state index in [1.54, 1.807) is 26.0 Å². The summed E-state index contributed by atoms with van der Waals surface area (Å²) in [5.41, 5.74) is 1.32. The first-order valence-corrected chi connectivity index (χ1v) is 10.5. The number of furan rings is 1. The summed E-state index contributed by atoms with van der Waals surface area (Å²) >= 11 is 4.32. The van der Waals surface area contributed by atoms with Crippen LogP contribution in [0.4, 0.5) is 5.00 Å². The van der Waals surface area contributed by atoms with Crippen LogP contribution in [0, 0.1) is 6.92 Å². The largest absolute Gasteiger partial charge is 0.465 e. The van der Waals surface area contributed by atoms with Crippen LogP contribution in [0.5, 0.6) is 0 Å². The van der Waals surface area contributed by atoms with Crippen LogP contribution in [0.1, 0.15) is 43.1 Å². The Kier molecular flexibility index (Phi) is 6.73. The minimum atomic E-state index is -0.633. The molecule has 0 spiro atoms. The first-order chi connectivity index (χ1) is 14.3. The molecule has 0 bridgehead atoms. The quantitative estimate of drug-likeness (QED) is 0.470. The summed E-state index contributed by atoms with van der Waals surface area (Å²) in [6.45, 7) is 3.43. The molecule has 0 unspecified atom stereocenters. The number of halogens is 1. The van der Waals surface area contributed by atoms with E-state index in [9.17, 15) is 14.4 Å². The van der Waals surface area contributed by atoms with Gasteiger partial charge in [0.15, 0.2) is 5.76 Å². The number of nitrogens with one attached hydrogen (secondary N) is 1. The van der Waals surface area contributed by atoms with Crippen molar-refractivity contribution in [3.05, 3.63) is 62.6 Å². The van der Waals surface area contributed by atoms with Gasteiger partial charge >= 0.3 is 11.9 Å². The van der Waals surface area contributed by atoms with Crippen molar-refractivity contribution in [2.45, 2.75) is 13.8 Å². The molecule has 2 heterocycles. The van der Waals surface area contributed by atoms with Crippen molar-refractivity contribution in [3.63, 3.8) is 0 Å². The monoisotopic (exact) mass is 491 g/mol. The second kappa shape index (κ2) is 9.27. The molecule has 30 heavy (non-hydrogen) atoms. The fourth-order valence-corrected chi connectivity index (χ4v) is 4.10. The first-order valence-electron chi connectivity index (χ1n) is 8.91. The summed E-state index contributed by atoms with van der Waals surface area (Å²) in [6.07, 6.45) is 0. The molecule has 7 nitrogen and oxygen atoms in total. The third-order valence-electron chi connectivity index (χ3n) is 4.18. The lowest BCUT2D eigenvalue weighted by Gasteiger charge is -2.06. The Labute approximate surface area is 185 Å². The number of methoxy groups -OCH3 is 1. The molecule has 0 fully saturated rings. The van der Waals surface area contributed by atoms with Crippen LogP contribution in [-0.4, -0.2) is 31.6 Å². The van der Waals surface area contributed by atoms with Crippen LogP contribution >= 0.6 is 27.3 Å². The average molecular weight is 492 g/mol. The van der Waals surface area contributed by atoms with Gasteiger partial charge in [-0.3, -0.25) is 4.79 Å². The van der Waals surface area contributed by atoms with Crippen LogP contribution in [0.25, 0.3) is 11.3 Å². The zero-order chi connectivity index (χ0) is 21.8. The Morgan fingerprint density at radius 1 is 1.10 bits per heavy atom. The lowest BCUT2D eigenvalue weighted by molar-refractivity contribution is 0.0527. The molecular weight excluding hydrogens is 474 g/mol. The van der Waals surface area contributed by atoms with Gasteiger partial charge < -0.3 is 19.2 Å². The van der Waals surface area contributed by atoms with Gasteiger partial charge in [-0.1, -0.05) is 28.1 Å². The molecule has 0 aliphatic rings. The van der Waals surface area contributed by atoms with E-state index in [2.05, 4.69) is 21.2 Å². The van der Waals surface area contributed by atoms with Gasteiger partial charge in [-0.15, -0.1) is 11.3 Å². The predicted octanol–water partition coefficient (Wildman–Crippen LogP) is 5.29. The molecule has 0 aliphatic carbocycles. The number of carbonyl (C=O) groups is 3. The molecule has 0 atom stereocenters. The van der Waals surface area contributed by atoms with Gasteiger partial charge in [-0.05, 0) is 43.7 Å². The van der Waals surface area contributed by atoms with Gasteiger partial charge in [0.1, 0.15) is 15.6 Å². The molecule has 1 aromatic carbocycles. The summed E-state index contributed by atoms with van der Waals surface area (Å²) in [5, 5.41) is 2.84. The number of amides is 1. The molecule has 1 N–H and O–H groups in total. The Bertz CT molecular complexity index is 1100. The Hall–Kier alpha value is -2.91. The highest BCUT2D eigenvalue weighted by molar-refractivity contribution is 9.10. The lowest BCUT2D eigenvalue weighted by atomic mass is 10.1. The lowest BCUT2D eigenvalue weighted by Crippen LogP contribution is -2.14. The molecule has 0 aliphatic heterocycles. The van der Waals surface area contributed by atoms with Crippen LogP contribution in [0.2, 0.25) is 0 Å². The summed E-state index contributed by atoms with van der Waals surface area (Å²) in [7, 11) is 1.25. The molecule has 156 valence electrons. The molecule has 0 saturated carbocycles. The van der Waals surface area contributed by atoms with Crippen molar-refractivity contribution in [2.75, 3.05) is 19.0 Å². The Balaban J connectivity index is 1.90. The maximum Gasteiger partial charge on any atom is 0.348 e. The van der Waals surface area contributed by atoms with Crippen molar-refractivity contribution >= 4 is 50.1 Å². The standard InChI is InChI=1S/C21H18BrNO6S/c1-4-28-20(25)16-11(2)17(21(26)27-3)30-19(16)23-18(24)15-10-9-14(29-15)12-5-7-13(22)8-6-12/h5-10H,4H2,1-3H3,(H,23,24). The van der Waals surface area contributed by atoms with Crippen LogP contribution < -0.4 is 5.32 Å². The summed E-state index contributed by atoms with van der Waals surface area (Å²) in [6, 6.07) is 10.7. The van der Waals surface area contributed by atoms with Crippen molar-refractivity contribution in [1.82, 2.24) is 0 Å². The normalized spacial score (nSPS) is 10.5.